The molecular formula is C28H28BrN3O4. The van der Waals surface area contributed by atoms with Gasteiger partial charge in [0, 0.05) is 35.4 Å². The van der Waals surface area contributed by atoms with Gasteiger partial charge in [-0.25, -0.2) is 0 Å². The van der Waals surface area contributed by atoms with Gasteiger partial charge in [-0.15, -0.1) is 0 Å². The third kappa shape index (κ3) is 6.73. The third-order valence-electron chi connectivity index (χ3n) is 6.04. The fraction of sp³-hybridized carbons (Fsp3) is 0.250. The number of carbonyl (C=O) groups is 3. The van der Waals surface area contributed by atoms with Crippen molar-refractivity contribution in [1.82, 2.24) is 5.32 Å². The molecule has 2 N–H and O–H groups in total. The quantitative estimate of drug-likeness (QED) is 0.405. The maximum Gasteiger partial charge on any atom is 0.262 e. The van der Waals surface area contributed by atoms with E-state index in [-0.39, 0.29) is 30.7 Å². The van der Waals surface area contributed by atoms with Crippen LogP contribution in [0.4, 0.5) is 11.4 Å². The Morgan fingerprint density at radius 2 is 1.64 bits per heavy atom. The zero-order chi connectivity index (χ0) is 25.5. The van der Waals surface area contributed by atoms with Gasteiger partial charge in [-0.05, 0) is 66.1 Å². The lowest BCUT2D eigenvalue weighted by Gasteiger charge is -2.17. The average Bonchev–Trinajstić information content (AvgIpc) is 3.29. The molecule has 3 aromatic carbocycles. The van der Waals surface area contributed by atoms with Gasteiger partial charge in [-0.2, -0.15) is 0 Å². The van der Waals surface area contributed by atoms with Crippen molar-refractivity contribution in [1.29, 1.82) is 0 Å². The molecule has 1 fully saturated rings. The molecule has 0 aromatic heterocycles. The van der Waals surface area contributed by atoms with Gasteiger partial charge in [-0.1, -0.05) is 47.1 Å². The van der Waals surface area contributed by atoms with Gasteiger partial charge in [0.15, 0.2) is 6.61 Å². The van der Waals surface area contributed by atoms with E-state index >= 15 is 0 Å². The van der Waals surface area contributed by atoms with E-state index in [0.717, 1.165) is 16.5 Å². The van der Waals surface area contributed by atoms with Crippen LogP contribution in [0, 0.1) is 5.92 Å². The van der Waals surface area contributed by atoms with Crippen molar-refractivity contribution in [3.63, 3.8) is 0 Å². The largest absolute Gasteiger partial charge is 0.484 e. The maximum atomic E-state index is 12.7. The Labute approximate surface area is 219 Å². The van der Waals surface area contributed by atoms with Crippen molar-refractivity contribution in [3.8, 4) is 5.75 Å². The fourth-order valence-electron chi connectivity index (χ4n) is 3.96. The standard InChI is InChI=1S/C28H28BrN3O4/c1-2-19-3-5-20(6-4-19)16-30-28(35)21-15-27(34)32(17-21)24-11-13-25(14-12-24)36-18-26(33)31-23-9-7-22(29)8-10-23/h3-14,21H,2,15-18H2,1H3,(H,30,35)(H,31,33)/t21-/m1/s1. The molecule has 3 aromatic rings. The fourth-order valence-corrected chi connectivity index (χ4v) is 4.22. The molecule has 186 valence electrons. The van der Waals surface area contributed by atoms with Crippen LogP contribution in [-0.2, 0) is 27.3 Å². The second-order valence-electron chi connectivity index (χ2n) is 8.63. The van der Waals surface area contributed by atoms with Gasteiger partial charge in [0.25, 0.3) is 5.91 Å². The Hall–Kier alpha value is -3.65. The van der Waals surface area contributed by atoms with Crippen LogP contribution < -0.4 is 20.3 Å². The van der Waals surface area contributed by atoms with Crippen LogP contribution in [0.5, 0.6) is 5.75 Å². The molecule has 0 radical (unpaired) electrons. The minimum absolute atomic E-state index is 0.0926. The van der Waals surface area contributed by atoms with Gasteiger partial charge in [0.1, 0.15) is 5.75 Å². The van der Waals surface area contributed by atoms with Gasteiger partial charge >= 0.3 is 0 Å². The van der Waals surface area contributed by atoms with E-state index in [9.17, 15) is 14.4 Å². The first-order valence-corrected chi connectivity index (χ1v) is 12.6. The van der Waals surface area contributed by atoms with Crippen molar-refractivity contribution in [3.05, 3.63) is 88.4 Å². The van der Waals surface area contributed by atoms with E-state index in [1.807, 2.05) is 24.3 Å². The Morgan fingerprint density at radius 3 is 2.31 bits per heavy atom. The number of carbonyl (C=O) groups excluding carboxylic acids is 3. The SMILES string of the molecule is CCc1ccc(CNC(=O)[C@@H]2CC(=O)N(c3ccc(OCC(=O)Nc4ccc(Br)cc4)cc3)C2)cc1. The zero-order valence-corrected chi connectivity index (χ0v) is 21.6. The first kappa shape index (κ1) is 25.4. The summed E-state index contributed by atoms with van der Waals surface area (Å²) < 4.78 is 6.50. The number of aryl methyl sites for hydroxylation is 1. The number of nitrogens with zero attached hydrogens (tertiary/aromatic N) is 1. The summed E-state index contributed by atoms with van der Waals surface area (Å²) in [5, 5.41) is 5.72. The van der Waals surface area contributed by atoms with Crippen LogP contribution >= 0.6 is 15.9 Å². The number of hydrogen-bond donors (Lipinski definition) is 2. The van der Waals surface area contributed by atoms with Crippen LogP contribution in [0.3, 0.4) is 0 Å². The highest BCUT2D eigenvalue weighted by Gasteiger charge is 2.35. The highest BCUT2D eigenvalue weighted by atomic mass is 79.9. The molecule has 0 unspecified atom stereocenters. The van der Waals surface area contributed by atoms with E-state index in [4.69, 9.17) is 4.74 Å². The molecule has 7 nitrogen and oxygen atoms in total. The number of amides is 3. The van der Waals surface area contributed by atoms with Gasteiger partial charge in [-0.3, -0.25) is 14.4 Å². The summed E-state index contributed by atoms with van der Waals surface area (Å²) in [5.74, 6) is -0.371. The van der Waals surface area contributed by atoms with Gasteiger partial charge in [0.05, 0.1) is 5.92 Å². The number of benzene rings is 3. The molecule has 1 atom stereocenters. The van der Waals surface area contributed by atoms with Crippen molar-refractivity contribution in [2.45, 2.75) is 26.3 Å². The zero-order valence-electron chi connectivity index (χ0n) is 20.0. The molecule has 1 saturated heterocycles. The molecule has 1 heterocycles. The second-order valence-corrected chi connectivity index (χ2v) is 9.55. The lowest BCUT2D eigenvalue weighted by molar-refractivity contribution is -0.126. The minimum Gasteiger partial charge on any atom is -0.484 e. The van der Waals surface area contributed by atoms with Gasteiger partial charge < -0.3 is 20.3 Å². The van der Waals surface area contributed by atoms with Crippen molar-refractivity contribution < 1.29 is 19.1 Å². The number of rotatable bonds is 9. The summed E-state index contributed by atoms with van der Waals surface area (Å²) in [6.45, 7) is 2.73. The van der Waals surface area contributed by atoms with Crippen LogP contribution in [0.2, 0.25) is 0 Å². The lowest BCUT2D eigenvalue weighted by Crippen LogP contribution is -2.32. The van der Waals surface area contributed by atoms with E-state index in [0.29, 0.717) is 30.2 Å². The number of nitrogens with one attached hydrogen (secondary N) is 2. The highest BCUT2D eigenvalue weighted by molar-refractivity contribution is 9.10. The molecule has 36 heavy (non-hydrogen) atoms. The Kier molecular flexibility index (Phi) is 8.38. The predicted molar refractivity (Wildman–Crippen MR) is 143 cm³/mol. The molecule has 8 heteroatoms. The molecule has 1 aliphatic rings. The molecular weight excluding hydrogens is 522 g/mol. The van der Waals surface area contributed by atoms with E-state index < -0.39 is 5.92 Å². The third-order valence-corrected chi connectivity index (χ3v) is 6.57. The van der Waals surface area contributed by atoms with Crippen molar-refractivity contribution in [2.75, 3.05) is 23.4 Å². The first-order chi connectivity index (χ1) is 17.4. The van der Waals surface area contributed by atoms with Crippen molar-refractivity contribution in [2.24, 2.45) is 5.92 Å². The summed E-state index contributed by atoms with van der Waals surface area (Å²) in [7, 11) is 0. The normalized spacial score (nSPS) is 15.0. The maximum absolute atomic E-state index is 12.7. The monoisotopic (exact) mass is 549 g/mol. The number of hydrogen-bond acceptors (Lipinski definition) is 4. The average molecular weight is 550 g/mol. The molecule has 0 spiro atoms. The summed E-state index contributed by atoms with van der Waals surface area (Å²) in [6, 6.07) is 22.4. The highest BCUT2D eigenvalue weighted by Crippen LogP contribution is 2.27. The van der Waals surface area contributed by atoms with E-state index in [1.165, 1.54) is 5.56 Å². The lowest BCUT2D eigenvalue weighted by atomic mass is 10.1. The van der Waals surface area contributed by atoms with Crippen molar-refractivity contribution >= 4 is 45.0 Å². The first-order valence-electron chi connectivity index (χ1n) is 11.9. The molecule has 3 amide bonds. The molecule has 0 aliphatic carbocycles. The topological polar surface area (TPSA) is 87.7 Å². The Morgan fingerprint density at radius 1 is 0.972 bits per heavy atom. The molecule has 1 aliphatic heterocycles. The second kappa shape index (κ2) is 11.9. The van der Waals surface area contributed by atoms with Crippen LogP contribution in [-0.4, -0.2) is 30.9 Å². The summed E-state index contributed by atoms with van der Waals surface area (Å²) in [5.41, 5.74) is 3.66. The molecule has 4 rings (SSSR count). The number of ether oxygens (including phenoxy) is 1. The smallest absolute Gasteiger partial charge is 0.262 e. The number of anilines is 2. The van der Waals surface area contributed by atoms with Crippen LogP contribution in [0.15, 0.2) is 77.3 Å². The van der Waals surface area contributed by atoms with E-state index in [1.54, 1.807) is 41.3 Å². The van der Waals surface area contributed by atoms with Gasteiger partial charge in [0.2, 0.25) is 11.8 Å². The summed E-state index contributed by atoms with van der Waals surface area (Å²) >= 11 is 3.36. The minimum atomic E-state index is -0.398. The van der Waals surface area contributed by atoms with E-state index in [2.05, 4.69) is 45.6 Å². The summed E-state index contributed by atoms with van der Waals surface area (Å²) in [4.78, 5) is 39.0. The van der Waals surface area contributed by atoms with Crippen LogP contribution in [0.1, 0.15) is 24.5 Å². The molecule has 0 bridgehead atoms. The Bertz CT molecular complexity index is 1210. The predicted octanol–water partition coefficient (Wildman–Crippen LogP) is 4.70. The molecule has 0 saturated carbocycles. The Balaban J connectivity index is 1.25. The number of halogens is 1. The summed E-state index contributed by atoms with van der Waals surface area (Å²) in [6.07, 6.45) is 1.15. The van der Waals surface area contributed by atoms with Crippen LogP contribution in [0.25, 0.3) is 0 Å².